The molecule has 9 heteroatoms. The number of fused-ring (bicyclic) bond motifs is 3. The number of rotatable bonds is 7. The van der Waals surface area contributed by atoms with E-state index in [1.54, 1.807) is 18.0 Å². The minimum absolute atomic E-state index is 0.0485. The van der Waals surface area contributed by atoms with Gasteiger partial charge in [0, 0.05) is 44.7 Å². The van der Waals surface area contributed by atoms with Gasteiger partial charge in [0.1, 0.15) is 11.3 Å². The Morgan fingerprint density at radius 1 is 1.19 bits per heavy atom. The number of hydrogen-bond acceptors (Lipinski definition) is 4. The summed E-state index contributed by atoms with van der Waals surface area (Å²) in [5, 5.41) is 3.61. The van der Waals surface area contributed by atoms with E-state index in [-0.39, 0.29) is 11.8 Å². The molecule has 1 fully saturated rings. The second-order valence-electron chi connectivity index (χ2n) is 9.85. The fourth-order valence-electron chi connectivity index (χ4n) is 5.22. The molecule has 1 aliphatic carbocycles. The van der Waals surface area contributed by atoms with E-state index in [1.165, 1.54) is 12.8 Å². The number of imidazole rings is 1. The monoisotopic (exact) mass is 488 g/mol. The van der Waals surface area contributed by atoms with E-state index >= 15 is 0 Å². The maximum absolute atomic E-state index is 13.1. The average Bonchev–Trinajstić information content (AvgIpc) is 3.57. The van der Waals surface area contributed by atoms with Gasteiger partial charge in [-0.05, 0) is 67.5 Å². The Morgan fingerprint density at radius 3 is 2.78 bits per heavy atom. The molecule has 0 unspecified atom stereocenters. The van der Waals surface area contributed by atoms with E-state index < -0.39 is 6.67 Å². The molecule has 1 aliphatic heterocycles. The molecule has 0 atom stereocenters. The summed E-state index contributed by atoms with van der Waals surface area (Å²) in [6, 6.07) is 9.72. The number of amides is 2. The third-order valence-electron chi connectivity index (χ3n) is 7.41. The molecule has 8 nitrogen and oxygen atoms in total. The van der Waals surface area contributed by atoms with Gasteiger partial charge >= 0.3 is 0 Å². The first-order valence-corrected chi connectivity index (χ1v) is 12.6. The van der Waals surface area contributed by atoms with Crippen LogP contribution in [0.2, 0.25) is 0 Å². The van der Waals surface area contributed by atoms with Crippen LogP contribution in [0.3, 0.4) is 0 Å². The van der Waals surface area contributed by atoms with Crippen LogP contribution < -0.4 is 5.32 Å². The zero-order valence-electron chi connectivity index (χ0n) is 20.6. The van der Waals surface area contributed by atoms with E-state index in [2.05, 4.69) is 26.6 Å². The first-order chi connectivity index (χ1) is 17.5. The van der Waals surface area contributed by atoms with Gasteiger partial charge in [-0.15, -0.1) is 0 Å². The Hall–Kier alpha value is -3.75. The van der Waals surface area contributed by atoms with Gasteiger partial charge in [-0.3, -0.25) is 14.0 Å². The summed E-state index contributed by atoms with van der Waals surface area (Å²) < 4.78 is 16.9. The molecule has 3 aromatic heterocycles. The van der Waals surface area contributed by atoms with Crippen LogP contribution in [0.25, 0.3) is 33.6 Å². The second-order valence-corrected chi connectivity index (χ2v) is 9.85. The van der Waals surface area contributed by atoms with Crippen molar-refractivity contribution in [2.45, 2.75) is 32.2 Å². The van der Waals surface area contributed by atoms with E-state index in [1.807, 2.05) is 19.2 Å². The first kappa shape index (κ1) is 22.7. The molecular weight excluding hydrogens is 459 g/mol. The normalized spacial score (nSPS) is 15.6. The van der Waals surface area contributed by atoms with Crippen molar-refractivity contribution in [1.82, 2.24) is 29.3 Å². The third-order valence-corrected chi connectivity index (χ3v) is 7.41. The molecule has 36 heavy (non-hydrogen) atoms. The fraction of sp³-hybridized carbons (Fsp3) is 0.407. The SMILES string of the molecule is CNC(=O)c1ccc2cc(-c3nc4cc5c(cc4n3C)CCN(CCCF)C5=O)n(CC3CC3)c2n1. The van der Waals surface area contributed by atoms with Crippen LogP contribution >= 0.6 is 0 Å². The molecule has 2 aliphatic rings. The fourth-order valence-corrected chi connectivity index (χ4v) is 5.22. The van der Waals surface area contributed by atoms with Crippen molar-refractivity contribution >= 4 is 33.9 Å². The third kappa shape index (κ3) is 3.73. The predicted octanol–water partition coefficient (Wildman–Crippen LogP) is 3.72. The summed E-state index contributed by atoms with van der Waals surface area (Å²) in [4.78, 5) is 36.7. The van der Waals surface area contributed by atoms with Crippen molar-refractivity contribution in [3.63, 3.8) is 0 Å². The standard InChI is InChI=1S/C27H29FN6O2/c1-29-26(35)20-7-6-18-13-23(34(24(18)30-20)15-16-4-5-16)25-31-21-14-19-17(12-22(21)32(25)2)8-11-33(27(19)36)10-3-9-28/h6-7,12-14,16H,3-5,8-11,15H2,1-2H3,(H,29,35). The molecule has 1 aromatic carbocycles. The molecule has 0 spiro atoms. The van der Waals surface area contributed by atoms with Gasteiger partial charge in [0.25, 0.3) is 11.8 Å². The van der Waals surface area contributed by atoms with Gasteiger partial charge in [0.05, 0.1) is 23.4 Å². The van der Waals surface area contributed by atoms with Crippen LogP contribution in [0.15, 0.2) is 30.3 Å². The van der Waals surface area contributed by atoms with Gasteiger partial charge < -0.3 is 19.4 Å². The Bertz CT molecular complexity index is 1520. The van der Waals surface area contributed by atoms with Gasteiger partial charge in [-0.25, -0.2) is 9.97 Å². The Kier molecular flexibility index (Phi) is 5.50. The van der Waals surface area contributed by atoms with Crippen LogP contribution in [0.1, 0.15) is 45.7 Å². The largest absolute Gasteiger partial charge is 0.354 e. The van der Waals surface area contributed by atoms with E-state index in [0.717, 1.165) is 52.1 Å². The lowest BCUT2D eigenvalue weighted by atomic mass is 9.98. The van der Waals surface area contributed by atoms with E-state index in [4.69, 9.17) is 9.97 Å². The minimum atomic E-state index is -0.423. The van der Waals surface area contributed by atoms with Gasteiger partial charge in [0.2, 0.25) is 0 Å². The van der Waals surface area contributed by atoms with E-state index in [0.29, 0.717) is 36.7 Å². The summed E-state index contributed by atoms with van der Waals surface area (Å²) in [6.07, 6.45) is 3.48. The number of carbonyl (C=O) groups is 2. The van der Waals surface area contributed by atoms with Crippen LogP contribution in [0.5, 0.6) is 0 Å². The Morgan fingerprint density at radius 2 is 2.03 bits per heavy atom. The zero-order valence-corrected chi connectivity index (χ0v) is 20.6. The smallest absolute Gasteiger partial charge is 0.269 e. The number of aromatic nitrogens is 4. The number of alkyl halides is 1. The topological polar surface area (TPSA) is 85.0 Å². The number of pyridine rings is 1. The van der Waals surface area contributed by atoms with Crippen molar-refractivity contribution < 1.29 is 14.0 Å². The first-order valence-electron chi connectivity index (χ1n) is 12.6. The molecule has 6 rings (SSSR count). The molecule has 4 aromatic rings. The number of benzene rings is 1. The van der Waals surface area contributed by atoms with Crippen molar-refractivity contribution in [3.05, 3.63) is 47.2 Å². The highest BCUT2D eigenvalue weighted by molar-refractivity contribution is 6.01. The highest BCUT2D eigenvalue weighted by atomic mass is 19.1. The van der Waals surface area contributed by atoms with Gasteiger partial charge in [0.15, 0.2) is 5.82 Å². The summed E-state index contributed by atoms with van der Waals surface area (Å²) in [6.45, 7) is 1.45. The number of nitrogens with zero attached hydrogens (tertiary/aromatic N) is 5. The average molecular weight is 489 g/mol. The highest BCUT2D eigenvalue weighted by Gasteiger charge is 2.28. The molecule has 0 saturated heterocycles. The van der Waals surface area contributed by atoms with Crippen LogP contribution in [-0.4, -0.2) is 62.6 Å². The summed E-state index contributed by atoms with van der Waals surface area (Å²) in [5.41, 5.74) is 5.51. The summed E-state index contributed by atoms with van der Waals surface area (Å²) in [5.74, 6) is 1.14. The lowest BCUT2D eigenvalue weighted by molar-refractivity contribution is 0.0735. The highest BCUT2D eigenvalue weighted by Crippen LogP contribution is 2.36. The molecule has 0 bridgehead atoms. The van der Waals surface area contributed by atoms with Gasteiger partial charge in [-0.2, -0.15) is 0 Å². The maximum Gasteiger partial charge on any atom is 0.269 e. The zero-order chi connectivity index (χ0) is 25.0. The van der Waals surface area contributed by atoms with Crippen molar-refractivity contribution in [2.24, 2.45) is 13.0 Å². The number of nitrogens with one attached hydrogen (secondary N) is 1. The molecule has 1 saturated carbocycles. The number of aryl methyl sites for hydroxylation is 1. The quantitative estimate of drug-likeness (QED) is 0.430. The van der Waals surface area contributed by atoms with Crippen LogP contribution in [-0.2, 0) is 20.0 Å². The van der Waals surface area contributed by atoms with Crippen molar-refractivity contribution in [2.75, 3.05) is 26.8 Å². The van der Waals surface area contributed by atoms with Crippen LogP contribution in [0, 0.1) is 5.92 Å². The molecule has 1 N–H and O–H groups in total. The van der Waals surface area contributed by atoms with Crippen LogP contribution in [0.4, 0.5) is 4.39 Å². The number of halogens is 1. The van der Waals surface area contributed by atoms with E-state index in [9.17, 15) is 14.0 Å². The maximum atomic E-state index is 13.1. The molecule has 0 radical (unpaired) electrons. The Balaban J connectivity index is 1.47. The predicted molar refractivity (Wildman–Crippen MR) is 136 cm³/mol. The molecule has 4 heterocycles. The summed E-state index contributed by atoms with van der Waals surface area (Å²) >= 11 is 0. The number of carbonyl (C=O) groups excluding carboxylic acids is 2. The van der Waals surface area contributed by atoms with Crippen molar-refractivity contribution in [3.8, 4) is 11.5 Å². The summed E-state index contributed by atoms with van der Waals surface area (Å²) in [7, 11) is 3.60. The Labute approximate surface area is 208 Å². The number of hydrogen-bond donors (Lipinski definition) is 1. The van der Waals surface area contributed by atoms with Crippen molar-refractivity contribution in [1.29, 1.82) is 0 Å². The second kappa shape index (κ2) is 8.72. The van der Waals surface area contributed by atoms with Gasteiger partial charge in [-0.1, -0.05) is 0 Å². The lowest BCUT2D eigenvalue weighted by Crippen LogP contribution is -2.38. The molecule has 186 valence electrons. The molecular formula is C27H29FN6O2. The lowest BCUT2D eigenvalue weighted by Gasteiger charge is -2.28. The minimum Gasteiger partial charge on any atom is -0.354 e. The molecule has 2 amide bonds.